The van der Waals surface area contributed by atoms with Gasteiger partial charge in [-0.15, -0.1) is 0 Å². The predicted molar refractivity (Wildman–Crippen MR) is 73.4 cm³/mol. The molecule has 0 radical (unpaired) electrons. The number of hydrogen-bond acceptors (Lipinski definition) is 2. The lowest BCUT2D eigenvalue weighted by molar-refractivity contribution is 0.101. The smallest absolute Gasteiger partial charge is 0.181 e. The molecule has 0 unspecified atom stereocenters. The lowest BCUT2D eigenvalue weighted by Gasteiger charge is -2.05. The summed E-state index contributed by atoms with van der Waals surface area (Å²) in [7, 11) is 0. The predicted octanol–water partition coefficient (Wildman–Crippen LogP) is 3.88. The number of ketones is 1. The largest absolute Gasteiger partial charge is 0.378 e. The molecule has 0 saturated carbocycles. The molecule has 0 atom stereocenters. The molecule has 1 N–H and O–H groups in total. The fraction of sp³-hybridized carbons (Fsp3) is 0.0714. The average molecular weight is 308 g/mol. The molecule has 2 aromatic rings. The van der Waals surface area contributed by atoms with Gasteiger partial charge in [-0.25, -0.2) is 4.39 Å². The number of carbonyl (C=O) groups excluding carboxylic acids is 1. The van der Waals surface area contributed by atoms with Crippen LogP contribution in [0.25, 0.3) is 0 Å². The number of benzene rings is 2. The van der Waals surface area contributed by atoms with Gasteiger partial charge in [-0.3, -0.25) is 4.79 Å². The second-order valence-electron chi connectivity index (χ2n) is 3.79. The molecule has 18 heavy (non-hydrogen) atoms. The highest BCUT2D eigenvalue weighted by Gasteiger charge is 2.05. The van der Waals surface area contributed by atoms with Gasteiger partial charge in [0, 0.05) is 15.7 Å². The van der Waals surface area contributed by atoms with Crippen molar-refractivity contribution in [1.29, 1.82) is 0 Å². The van der Waals surface area contributed by atoms with Crippen molar-refractivity contribution in [3.05, 3.63) is 64.4 Å². The Hall–Kier alpha value is -1.68. The SMILES string of the molecule is O=C(CNc1ccc(F)cc1)c1ccc(Br)cc1. The van der Waals surface area contributed by atoms with Crippen molar-refractivity contribution in [2.75, 3.05) is 11.9 Å². The molecule has 0 fully saturated rings. The topological polar surface area (TPSA) is 29.1 Å². The summed E-state index contributed by atoms with van der Waals surface area (Å²) in [4.78, 5) is 11.8. The summed E-state index contributed by atoms with van der Waals surface area (Å²) >= 11 is 3.31. The molecule has 0 bridgehead atoms. The van der Waals surface area contributed by atoms with Gasteiger partial charge in [0.05, 0.1) is 6.54 Å². The van der Waals surface area contributed by atoms with Gasteiger partial charge >= 0.3 is 0 Å². The molecule has 0 aliphatic carbocycles. The Morgan fingerprint density at radius 2 is 1.67 bits per heavy atom. The minimum Gasteiger partial charge on any atom is -0.378 e. The molecule has 92 valence electrons. The van der Waals surface area contributed by atoms with E-state index in [1.807, 2.05) is 12.1 Å². The van der Waals surface area contributed by atoms with E-state index in [0.717, 1.165) is 10.2 Å². The van der Waals surface area contributed by atoms with Gasteiger partial charge in [0.1, 0.15) is 5.82 Å². The van der Waals surface area contributed by atoms with Crippen LogP contribution in [0.1, 0.15) is 10.4 Å². The second-order valence-corrected chi connectivity index (χ2v) is 4.71. The van der Waals surface area contributed by atoms with E-state index in [2.05, 4.69) is 21.2 Å². The van der Waals surface area contributed by atoms with Crippen LogP contribution < -0.4 is 5.32 Å². The monoisotopic (exact) mass is 307 g/mol. The molecule has 4 heteroatoms. The molecule has 0 aromatic heterocycles. The van der Waals surface area contributed by atoms with Crippen molar-refractivity contribution < 1.29 is 9.18 Å². The maximum absolute atomic E-state index is 12.7. The fourth-order valence-electron chi connectivity index (χ4n) is 1.49. The van der Waals surface area contributed by atoms with Gasteiger partial charge in [0.2, 0.25) is 0 Å². The van der Waals surface area contributed by atoms with Gasteiger partial charge < -0.3 is 5.32 Å². The Balaban J connectivity index is 1.96. The van der Waals surface area contributed by atoms with E-state index in [-0.39, 0.29) is 18.1 Å². The first-order chi connectivity index (χ1) is 8.65. The average Bonchev–Trinajstić information content (AvgIpc) is 2.38. The van der Waals surface area contributed by atoms with Crippen molar-refractivity contribution in [3.8, 4) is 0 Å². The van der Waals surface area contributed by atoms with Crippen LogP contribution in [-0.2, 0) is 0 Å². The van der Waals surface area contributed by atoms with E-state index in [9.17, 15) is 9.18 Å². The van der Waals surface area contributed by atoms with Gasteiger partial charge in [-0.05, 0) is 36.4 Å². The normalized spacial score (nSPS) is 10.1. The highest BCUT2D eigenvalue weighted by Crippen LogP contribution is 2.12. The Morgan fingerprint density at radius 3 is 2.28 bits per heavy atom. The standard InChI is InChI=1S/C14H11BrFNO/c15-11-3-1-10(2-4-11)14(18)9-17-13-7-5-12(16)6-8-13/h1-8,17H,9H2. The van der Waals surface area contributed by atoms with E-state index in [1.165, 1.54) is 12.1 Å². The Kier molecular flexibility index (Phi) is 4.10. The zero-order chi connectivity index (χ0) is 13.0. The Morgan fingerprint density at radius 1 is 1.06 bits per heavy atom. The number of anilines is 1. The van der Waals surface area contributed by atoms with E-state index < -0.39 is 0 Å². The molecule has 0 aliphatic rings. The molecule has 2 nitrogen and oxygen atoms in total. The quantitative estimate of drug-likeness (QED) is 0.868. The Labute approximate surface area is 113 Å². The zero-order valence-corrected chi connectivity index (χ0v) is 11.1. The van der Waals surface area contributed by atoms with E-state index in [1.54, 1.807) is 24.3 Å². The summed E-state index contributed by atoms with van der Waals surface area (Å²) in [5.41, 5.74) is 1.37. The lowest BCUT2D eigenvalue weighted by Crippen LogP contribution is -2.13. The Bertz CT molecular complexity index is 537. The lowest BCUT2D eigenvalue weighted by atomic mass is 10.1. The van der Waals surface area contributed by atoms with Crippen LogP contribution in [0.4, 0.5) is 10.1 Å². The van der Waals surface area contributed by atoms with E-state index in [4.69, 9.17) is 0 Å². The number of rotatable bonds is 4. The number of hydrogen-bond donors (Lipinski definition) is 1. The van der Waals surface area contributed by atoms with Crippen molar-refractivity contribution >= 4 is 27.4 Å². The fourth-order valence-corrected chi connectivity index (χ4v) is 1.75. The van der Waals surface area contributed by atoms with Gasteiger partial charge in [-0.2, -0.15) is 0 Å². The number of Topliss-reactive ketones (excluding diaryl/α,β-unsaturated/α-hetero) is 1. The third-order valence-corrected chi connectivity index (χ3v) is 2.99. The van der Waals surface area contributed by atoms with Crippen LogP contribution in [0.15, 0.2) is 53.0 Å². The summed E-state index contributed by atoms with van der Waals surface area (Å²) < 4.78 is 13.6. The summed E-state index contributed by atoms with van der Waals surface area (Å²) in [5, 5.41) is 2.96. The molecular formula is C14H11BrFNO. The van der Waals surface area contributed by atoms with Crippen LogP contribution >= 0.6 is 15.9 Å². The molecule has 2 rings (SSSR count). The molecule has 0 saturated heterocycles. The first-order valence-corrected chi connectivity index (χ1v) is 6.22. The highest BCUT2D eigenvalue weighted by atomic mass is 79.9. The van der Waals surface area contributed by atoms with Crippen LogP contribution in [0, 0.1) is 5.82 Å². The molecular weight excluding hydrogens is 297 g/mol. The van der Waals surface area contributed by atoms with Crippen LogP contribution in [0.5, 0.6) is 0 Å². The number of nitrogens with one attached hydrogen (secondary N) is 1. The van der Waals surface area contributed by atoms with E-state index in [0.29, 0.717) is 5.56 Å². The van der Waals surface area contributed by atoms with Crippen molar-refractivity contribution in [3.63, 3.8) is 0 Å². The van der Waals surface area contributed by atoms with Crippen molar-refractivity contribution in [2.24, 2.45) is 0 Å². The number of halogens is 2. The highest BCUT2D eigenvalue weighted by molar-refractivity contribution is 9.10. The maximum atomic E-state index is 12.7. The van der Waals surface area contributed by atoms with Crippen LogP contribution in [0.2, 0.25) is 0 Å². The summed E-state index contributed by atoms with van der Waals surface area (Å²) in [6.07, 6.45) is 0. The maximum Gasteiger partial charge on any atom is 0.181 e. The van der Waals surface area contributed by atoms with Gasteiger partial charge in [0.15, 0.2) is 5.78 Å². The summed E-state index contributed by atoms with van der Waals surface area (Å²) in [5.74, 6) is -0.299. The molecule has 2 aromatic carbocycles. The third kappa shape index (κ3) is 3.40. The van der Waals surface area contributed by atoms with Gasteiger partial charge in [-0.1, -0.05) is 28.1 Å². The molecule has 0 amide bonds. The minimum absolute atomic E-state index is 0.00757. The third-order valence-electron chi connectivity index (χ3n) is 2.46. The first-order valence-electron chi connectivity index (χ1n) is 5.43. The first kappa shape index (κ1) is 12.8. The van der Waals surface area contributed by atoms with Crippen LogP contribution in [0.3, 0.4) is 0 Å². The molecule has 0 spiro atoms. The van der Waals surface area contributed by atoms with E-state index >= 15 is 0 Å². The second kappa shape index (κ2) is 5.78. The summed E-state index contributed by atoms with van der Waals surface area (Å²) in [6.45, 7) is 0.188. The zero-order valence-electron chi connectivity index (χ0n) is 9.49. The van der Waals surface area contributed by atoms with Crippen molar-refractivity contribution in [2.45, 2.75) is 0 Å². The number of carbonyl (C=O) groups is 1. The molecule has 0 heterocycles. The summed E-state index contributed by atoms with van der Waals surface area (Å²) in [6, 6.07) is 13.1. The van der Waals surface area contributed by atoms with Gasteiger partial charge in [0.25, 0.3) is 0 Å². The minimum atomic E-state index is -0.292. The van der Waals surface area contributed by atoms with Crippen molar-refractivity contribution in [1.82, 2.24) is 0 Å². The van der Waals surface area contributed by atoms with Crippen LogP contribution in [-0.4, -0.2) is 12.3 Å². The molecule has 0 aliphatic heterocycles.